The quantitative estimate of drug-likeness (QED) is 0.611. The monoisotopic (exact) mass is 466 g/mol. The van der Waals surface area contributed by atoms with Crippen molar-refractivity contribution in [3.05, 3.63) is 59.7 Å². The summed E-state index contributed by atoms with van der Waals surface area (Å²) in [5.74, 6) is -2.44. The summed E-state index contributed by atoms with van der Waals surface area (Å²) in [4.78, 5) is 38.3. The molecular formula is C25H26N2O7. The number of β-amino-alcohol motifs (C(OH)–C–C–N with tert-alkyl or cyclic N) is 1. The second-order valence-electron chi connectivity index (χ2n) is 8.95. The highest BCUT2D eigenvalue weighted by molar-refractivity contribution is 5.87. The fraction of sp³-hybridized carbons (Fsp3) is 0.400. The number of amides is 2. The molecule has 2 aromatic rings. The molecule has 5 rings (SSSR count). The van der Waals surface area contributed by atoms with Crippen LogP contribution in [0.2, 0.25) is 0 Å². The van der Waals surface area contributed by atoms with Crippen molar-refractivity contribution >= 4 is 18.0 Å². The zero-order valence-electron chi connectivity index (χ0n) is 18.4. The van der Waals surface area contributed by atoms with Gasteiger partial charge in [-0.1, -0.05) is 48.5 Å². The maximum atomic E-state index is 13.0. The molecule has 2 saturated heterocycles. The molecule has 9 heteroatoms. The van der Waals surface area contributed by atoms with Crippen molar-refractivity contribution in [2.75, 3.05) is 26.4 Å². The van der Waals surface area contributed by atoms with Crippen LogP contribution in [0.25, 0.3) is 11.1 Å². The normalized spacial score (nSPS) is 25.6. The van der Waals surface area contributed by atoms with Gasteiger partial charge in [-0.3, -0.25) is 4.79 Å². The average molecular weight is 466 g/mol. The van der Waals surface area contributed by atoms with Crippen LogP contribution in [0.3, 0.4) is 0 Å². The molecule has 0 saturated carbocycles. The number of carbonyl (C=O) groups excluding carboxylic acids is 2. The number of benzene rings is 2. The topological polar surface area (TPSA) is 125 Å². The summed E-state index contributed by atoms with van der Waals surface area (Å²) >= 11 is 0. The Labute approximate surface area is 196 Å². The number of hydrogen-bond donors (Lipinski definition) is 3. The minimum absolute atomic E-state index is 0.0148. The third kappa shape index (κ3) is 4.01. The summed E-state index contributed by atoms with van der Waals surface area (Å²) in [5.41, 5.74) is 4.45. The molecule has 4 atom stereocenters. The van der Waals surface area contributed by atoms with Crippen LogP contribution in [0, 0.1) is 5.92 Å². The minimum Gasteiger partial charge on any atom is -0.480 e. The first-order valence-corrected chi connectivity index (χ1v) is 11.3. The lowest BCUT2D eigenvalue weighted by Crippen LogP contribution is -2.50. The Morgan fingerprint density at radius 2 is 1.68 bits per heavy atom. The number of carboxylic acid groups (broad SMARTS) is 1. The van der Waals surface area contributed by atoms with E-state index < -0.39 is 42.1 Å². The van der Waals surface area contributed by atoms with Crippen molar-refractivity contribution in [2.24, 2.45) is 5.92 Å². The van der Waals surface area contributed by atoms with Crippen LogP contribution in [-0.4, -0.2) is 77.6 Å². The van der Waals surface area contributed by atoms with E-state index in [0.717, 1.165) is 22.3 Å². The van der Waals surface area contributed by atoms with Gasteiger partial charge in [0.15, 0.2) is 0 Å². The number of alkyl carbamates (subject to hydrolysis) is 1. The molecule has 2 aliphatic heterocycles. The second-order valence-corrected chi connectivity index (χ2v) is 8.95. The van der Waals surface area contributed by atoms with Gasteiger partial charge in [0.2, 0.25) is 5.91 Å². The number of hydrogen-bond acceptors (Lipinski definition) is 6. The summed E-state index contributed by atoms with van der Waals surface area (Å²) in [6.07, 6.45) is -1.56. The van der Waals surface area contributed by atoms with Crippen LogP contribution in [0.15, 0.2) is 48.5 Å². The van der Waals surface area contributed by atoms with Gasteiger partial charge in [0.05, 0.1) is 31.3 Å². The molecule has 0 aromatic heterocycles. The number of carboxylic acids is 1. The molecule has 2 unspecified atom stereocenters. The summed E-state index contributed by atoms with van der Waals surface area (Å²) in [5, 5.41) is 22.0. The maximum absolute atomic E-state index is 13.0. The Kier molecular flexibility index (Phi) is 5.97. The minimum atomic E-state index is -1.16. The molecule has 2 aromatic carbocycles. The van der Waals surface area contributed by atoms with Gasteiger partial charge in [-0.05, 0) is 22.3 Å². The Bertz CT molecular complexity index is 1070. The van der Waals surface area contributed by atoms with Crippen LogP contribution < -0.4 is 5.32 Å². The highest BCUT2D eigenvalue weighted by Crippen LogP contribution is 2.44. The van der Waals surface area contributed by atoms with Crippen molar-refractivity contribution in [1.29, 1.82) is 0 Å². The van der Waals surface area contributed by atoms with Crippen molar-refractivity contribution < 1.29 is 34.1 Å². The third-order valence-corrected chi connectivity index (χ3v) is 6.89. The number of fused-ring (bicyclic) bond motifs is 3. The van der Waals surface area contributed by atoms with E-state index in [1.54, 1.807) is 0 Å². The van der Waals surface area contributed by atoms with Crippen LogP contribution in [0.4, 0.5) is 4.79 Å². The lowest BCUT2D eigenvalue weighted by atomic mass is 9.98. The van der Waals surface area contributed by atoms with Crippen molar-refractivity contribution in [3.63, 3.8) is 0 Å². The van der Waals surface area contributed by atoms with Crippen molar-refractivity contribution in [1.82, 2.24) is 10.2 Å². The lowest BCUT2D eigenvalue weighted by molar-refractivity contribution is -0.150. The van der Waals surface area contributed by atoms with Crippen LogP contribution in [-0.2, 0) is 19.1 Å². The molecule has 2 fully saturated rings. The number of aliphatic hydroxyl groups excluding tert-OH is 1. The largest absolute Gasteiger partial charge is 0.480 e. The predicted molar refractivity (Wildman–Crippen MR) is 120 cm³/mol. The molecule has 3 aliphatic rings. The molecule has 1 aliphatic carbocycles. The van der Waals surface area contributed by atoms with Gasteiger partial charge in [0.1, 0.15) is 12.6 Å². The SMILES string of the molecule is O=C(NC1COCC1C(=O)N1C[C@@H](O)C[C@H]1C(=O)O)OCC1c2ccccc2-c2ccccc21. The van der Waals surface area contributed by atoms with E-state index in [1.165, 1.54) is 4.90 Å². The van der Waals surface area contributed by atoms with E-state index in [4.69, 9.17) is 9.47 Å². The molecule has 0 radical (unpaired) electrons. The zero-order valence-corrected chi connectivity index (χ0v) is 18.4. The lowest BCUT2D eigenvalue weighted by Gasteiger charge is -2.27. The second kappa shape index (κ2) is 9.08. The maximum Gasteiger partial charge on any atom is 0.407 e. The summed E-state index contributed by atoms with van der Waals surface area (Å²) < 4.78 is 11.0. The molecule has 2 amide bonds. The Morgan fingerprint density at radius 3 is 2.32 bits per heavy atom. The fourth-order valence-corrected chi connectivity index (χ4v) is 5.24. The fourth-order valence-electron chi connectivity index (χ4n) is 5.24. The number of likely N-dealkylation sites (tertiary alicyclic amines) is 1. The highest BCUT2D eigenvalue weighted by atomic mass is 16.5. The van der Waals surface area contributed by atoms with Gasteiger partial charge in [0, 0.05) is 18.9 Å². The van der Waals surface area contributed by atoms with E-state index in [1.807, 2.05) is 36.4 Å². The Balaban J connectivity index is 1.23. The van der Waals surface area contributed by atoms with Gasteiger partial charge in [-0.2, -0.15) is 0 Å². The number of aliphatic hydroxyl groups is 1. The van der Waals surface area contributed by atoms with Crippen molar-refractivity contribution in [2.45, 2.75) is 30.5 Å². The third-order valence-electron chi connectivity index (χ3n) is 6.89. The first kappa shape index (κ1) is 22.4. The van der Waals surface area contributed by atoms with E-state index in [2.05, 4.69) is 17.4 Å². The predicted octanol–water partition coefficient (Wildman–Crippen LogP) is 1.59. The van der Waals surface area contributed by atoms with Gasteiger partial charge in [-0.25, -0.2) is 9.59 Å². The van der Waals surface area contributed by atoms with E-state index in [0.29, 0.717) is 0 Å². The smallest absolute Gasteiger partial charge is 0.407 e. The van der Waals surface area contributed by atoms with Crippen LogP contribution in [0.5, 0.6) is 0 Å². The van der Waals surface area contributed by atoms with Gasteiger partial charge < -0.3 is 29.9 Å². The average Bonchev–Trinajstić information content (AvgIpc) is 3.53. The zero-order chi connectivity index (χ0) is 23.8. The highest BCUT2D eigenvalue weighted by Gasteiger charge is 2.45. The molecular weight excluding hydrogens is 440 g/mol. The number of aliphatic carboxylic acids is 1. The number of nitrogens with zero attached hydrogens (tertiary/aromatic N) is 1. The number of nitrogens with one attached hydrogen (secondary N) is 1. The first-order valence-electron chi connectivity index (χ1n) is 11.3. The van der Waals surface area contributed by atoms with Gasteiger partial charge >= 0.3 is 12.1 Å². The number of rotatable bonds is 5. The van der Waals surface area contributed by atoms with E-state index >= 15 is 0 Å². The summed E-state index contributed by atoms with van der Waals surface area (Å²) in [6, 6.07) is 14.3. The van der Waals surface area contributed by atoms with Crippen molar-refractivity contribution in [3.8, 4) is 11.1 Å². The number of carbonyl (C=O) groups is 3. The van der Waals surface area contributed by atoms with Gasteiger partial charge in [-0.15, -0.1) is 0 Å². The molecule has 34 heavy (non-hydrogen) atoms. The summed E-state index contributed by atoms with van der Waals surface area (Å²) in [7, 11) is 0. The molecule has 9 nitrogen and oxygen atoms in total. The molecule has 0 bridgehead atoms. The molecule has 2 heterocycles. The number of ether oxygens (including phenoxy) is 2. The van der Waals surface area contributed by atoms with Gasteiger partial charge in [0.25, 0.3) is 0 Å². The molecule has 3 N–H and O–H groups in total. The molecule has 0 spiro atoms. The summed E-state index contributed by atoms with van der Waals surface area (Å²) in [6.45, 7) is 0.274. The van der Waals surface area contributed by atoms with E-state index in [-0.39, 0.29) is 38.7 Å². The van der Waals surface area contributed by atoms with E-state index in [9.17, 15) is 24.6 Å². The standard InChI is InChI=1S/C25H26N2O7/c28-14-9-22(24(30)31)27(10-14)23(29)20-11-33-13-21(20)26-25(32)34-12-19-17-7-3-1-5-15(17)16-6-2-4-8-18(16)19/h1-8,14,19-22,28H,9-13H2,(H,26,32)(H,30,31)/t14-,20?,21?,22-/m0/s1. The Hall–Kier alpha value is -3.43. The van der Waals surface area contributed by atoms with Crippen LogP contribution in [0.1, 0.15) is 23.5 Å². The molecule has 178 valence electrons. The Morgan fingerprint density at radius 1 is 1.03 bits per heavy atom. The van der Waals surface area contributed by atoms with Crippen LogP contribution >= 0.6 is 0 Å². The first-order chi connectivity index (χ1) is 16.4.